The predicted octanol–water partition coefficient (Wildman–Crippen LogP) is 12.4. The van der Waals surface area contributed by atoms with Crippen molar-refractivity contribution in [2.75, 3.05) is 0 Å². The van der Waals surface area contributed by atoms with Crippen LogP contribution < -0.4 is 0 Å². The highest BCUT2D eigenvalue weighted by molar-refractivity contribution is 7.26. The molecule has 0 saturated carbocycles. The second kappa shape index (κ2) is 12.5. The van der Waals surface area contributed by atoms with Crippen LogP contribution in [0.2, 0.25) is 0 Å². The van der Waals surface area contributed by atoms with Crippen molar-refractivity contribution in [3.63, 3.8) is 0 Å². The van der Waals surface area contributed by atoms with Crippen molar-refractivity contribution in [3.8, 4) is 67.9 Å². The molecule has 3 heterocycles. The van der Waals surface area contributed by atoms with E-state index in [1.807, 2.05) is 36.4 Å². The first kappa shape index (κ1) is 30.1. The molecule has 0 aliphatic carbocycles. The summed E-state index contributed by atoms with van der Waals surface area (Å²) in [4.78, 5) is 20.2. The molecule has 10 rings (SSSR count). The van der Waals surface area contributed by atoms with Crippen LogP contribution in [-0.2, 0) is 0 Å². The van der Waals surface area contributed by atoms with Crippen molar-refractivity contribution in [2.45, 2.75) is 0 Å². The summed E-state index contributed by atoms with van der Waals surface area (Å²) in [6.45, 7) is 0. The number of benzene rings is 7. The fourth-order valence-electron chi connectivity index (χ4n) is 6.79. The maximum Gasteiger partial charge on any atom is 0.228 e. The van der Waals surface area contributed by atoms with Crippen LogP contribution in [0, 0.1) is 0 Å². The Labute approximate surface area is 303 Å². The normalized spacial score (nSPS) is 11.5. The molecule has 10 aromatic rings. The molecule has 5 nitrogen and oxygen atoms in total. The summed E-state index contributed by atoms with van der Waals surface area (Å²) in [6.07, 6.45) is 0. The van der Waals surface area contributed by atoms with Gasteiger partial charge in [-0.25, -0.2) is 19.9 Å². The first-order valence-corrected chi connectivity index (χ1v) is 18.0. The Hall–Kier alpha value is -6.76. The summed E-state index contributed by atoms with van der Waals surface area (Å²) in [5.41, 5.74) is 9.99. The number of rotatable bonds is 6. The van der Waals surface area contributed by atoms with Crippen LogP contribution in [0.3, 0.4) is 0 Å². The Morgan fingerprint density at radius 3 is 1.38 bits per heavy atom. The highest BCUT2D eigenvalue weighted by atomic mass is 32.1. The van der Waals surface area contributed by atoms with E-state index in [4.69, 9.17) is 24.4 Å². The van der Waals surface area contributed by atoms with Gasteiger partial charge in [0.05, 0.1) is 5.56 Å². The first-order valence-electron chi connectivity index (χ1n) is 17.1. The largest absolute Gasteiger partial charge is 0.436 e. The fourth-order valence-corrected chi connectivity index (χ4v) is 8.11. The molecule has 0 radical (unpaired) electrons. The number of hydrogen-bond acceptors (Lipinski definition) is 6. The second-order valence-corrected chi connectivity index (χ2v) is 13.7. The Morgan fingerprint density at radius 1 is 0.346 bits per heavy atom. The van der Waals surface area contributed by atoms with E-state index >= 15 is 0 Å². The van der Waals surface area contributed by atoms with Gasteiger partial charge in [0.2, 0.25) is 5.89 Å². The van der Waals surface area contributed by atoms with Crippen molar-refractivity contribution < 1.29 is 4.42 Å². The molecule has 52 heavy (non-hydrogen) atoms. The zero-order valence-corrected chi connectivity index (χ0v) is 28.6. The molecule has 0 bridgehead atoms. The van der Waals surface area contributed by atoms with Crippen molar-refractivity contribution >= 4 is 42.6 Å². The molecule has 7 aromatic carbocycles. The average Bonchev–Trinajstić information content (AvgIpc) is 3.84. The van der Waals surface area contributed by atoms with Gasteiger partial charge in [-0.15, -0.1) is 11.3 Å². The van der Waals surface area contributed by atoms with Crippen molar-refractivity contribution in [1.29, 1.82) is 0 Å². The van der Waals surface area contributed by atoms with Gasteiger partial charge in [0.1, 0.15) is 5.52 Å². The molecule has 0 amide bonds. The summed E-state index contributed by atoms with van der Waals surface area (Å²) in [5.74, 6) is 2.48. The Balaban J connectivity index is 1.13. The monoisotopic (exact) mass is 684 g/mol. The number of para-hydroxylation sites is 2. The maximum atomic E-state index is 6.24. The van der Waals surface area contributed by atoms with Crippen LogP contribution in [0.15, 0.2) is 174 Å². The molecular formula is C46H28N4OS. The van der Waals surface area contributed by atoms with Crippen molar-refractivity contribution in [2.24, 2.45) is 0 Å². The third-order valence-electron chi connectivity index (χ3n) is 9.43. The zero-order valence-electron chi connectivity index (χ0n) is 27.8. The van der Waals surface area contributed by atoms with Crippen LogP contribution in [-0.4, -0.2) is 19.9 Å². The van der Waals surface area contributed by atoms with Gasteiger partial charge in [0, 0.05) is 36.9 Å². The molecule has 0 saturated heterocycles. The third-order valence-corrected chi connectivity index (χ3v) is 10.7. The minimum absolute atomic E-state index is 0.613. The lowest BCUT2D eigenvalue weighted by atomic mass is 10.0. The number of nitrogens with zero attached hydrogens (tertiary/aromatic N) is 4. The number of aromatic nitrogens is 4. The van der Waals surface area contributed by atoms with Gasteiger partial charge in [-0.1, -0.05) is 146 Å². The van der Waals surface area contributed by atoms with Gasteiger partial charge < -0.3 is 4.42 Å². The smallest absolute Gasteiger partial charge is 0.228 e. The molecule has 0 atom stereocenters. The first-order chi connectivity index (χ1) is 25.7. The van der Waals surface area contributed by atoms with Crippen LogP contribution in [0.25, 0.3) is 99.1 Å². The maximum absolute atomic E-state index is 6.24. The number of thiophene rings is 1. The van der Waals surface area contributed by atoms with E-state index in [1.165, 1.54) is 11.1 Å². The Bertz CT molecular complexity index is 2750. The minimum atomic E-state index is 0.613. The highest BCUT2D eigenvalue weighted by Crippen LogP contribution is 2.44. The van der Waals surface area contributed by atoms with Crippen LogP contribution in [0.4, 0.5) is 0 Å². The molecule has 6 heteroatoms. The number of fused-ring (bicyclic) bond motifs is 4. The van der Waals surface area contributed by atoms with E-state index in [-0.39, 0.29) is 0 Å². The molecule has 0 fully saturated rings. The quantitative estimate of drug-likeness (QED) is 0.174. The third kappa shape index (κ3) is 5.34. The molecule has 0 N–H and O–H groups in total. The van der Waals surface area contributed by atoms with E-state index in [0.717, 1.165) is 64.7 Å². The Morgan fingerprint density at radius 2 is 0.808 bits per heavy atom. The van der Waals surface area contributed by atoms with Gasteiger partial charge in [-0.3, -0.25) is 0 Å². The molecule has 0 aliphatic rings. The Kier molecular flexibility index (Phi) is 7.25. The van der Waals surface area contributed by atoms with Gasteiger partial charge >= 0.3 is 0 Å². The summed E-state index contributed by atoms with van der Waals surface area (Å²) in [5, 5.41) is 2.28. The van der Waals surface area contributed by atoms with E-state index in [1.54, 1.807) is 11.3 Å². The molecule has 244 valence electrons. The van der Waals surface area contributed by atoms with Crippen LogP contribution in [0.5, 0.6) is 0 Å². The van der Waals surface area contributed by atoms with Gasteiger partial charge in [-0.05, 0) is 46.5 Å². The summed E-state index contributed by atoms with van der Waals surface area (Å²) in [6, 6.07) is 58.2. The summed E-state index contributed by atoms with van der Waals surface area (Å²) >= 11 is 1.72. The summed E-state index contributed by atoms with van der Waals surface area (Å²) < 4.78 is 8.45. The van der Waals surface area contributed by atoms with Crippen molar-refractivity contribution in [3.05, 3.63) is 170 Å². The molecule has 0 aliphatic heterocycles. The SMILES string of the molecule is c1ccc(-c2ccc(-c3nc(-c4ccc(-c5ccccc5)cc4)nc(-c4cccc5c4sc4c(-c6nc7ccccc7o6)cccc45)n3)cc2)cc1. The fraction of sp³-hybridized carbons (Fsp3) is 0. The van der Waals surface area contributed by atoms with E-state index in [9.17, 15) is 0 Å². The predicted molar refractivity (Wildman–Crippen MR) is 213 cm³/mol. The van der Waals surface area contributed by atoms with E-state index in [0.29, 0.717) is 23.4 Å². The molecule has 3 aromatic heterocycles. The second-order valence-electron chi connectivity index (χ2n) is 12.6. The van der Waals surface area contributed by atoms with Gasteiger partial charge in [-0.2, -0.15) is 0 Å². The average molecular weight is 685 g/mol. The molecule has 0 unspecified atom stereocenters. The van der Waals surface area contributed by atoms with E-state index < -0.39 is 0 Å². The molecule has 0 spiro atoms. The van der Waals surface area contributed by atoms with E-state index in [2.05, 4.69) is 133 Å². The minimum Gasteiger partial charge on any atom is -0.436 e. The lowest BCUT2D eigenvalue weighted by molar-refractivity contribution is 0.621. The lowest BCUT2D eigenvalue weighted by Gasteiger charge is -2.10. The van der Waals surface area contributed by atoms with Gasteiger partial charge in [0.15, 0.2) is 23.1 Å². The topological polar surface area (TPSA) is 64.7 Å². The molecular weight excluding hydrogens is 657 g/mol. The van der Waals surface area contributed by atoms with Crippen LogP contribution >= 0.6 is 11.3 Å². The standard InChI is InChI=1S/C46H28N4OS/c1-3-11-29(12-4-1)31-21-25-33(26-22-31)43-48-44(34-27-23-32(24-28-34)30-13-5-2-6-14-30)50-45(49-43)37-17-9-15-35-36-16-10-18-38(42(36)52-41(35)37)46-47-39-19-7-8-20-40(39)51-46/h1-28H. The lowest BCUT2D eigenvalue weighted by Crippen LogP contribution is -2.00. The van der Waals surface area contributed by atoms with Crippen LogP contribution in [0.1, 0.15) is 0 Å². The number of hydrogen-bond donors (Lipinski definition) is 0. The van der Waals surface area contributed by atoms with Crippen molar-refractivity contribution in [1.82, 2.24) is 19.9 Å². The highest BCUT2D eigenvalue weighted by Gasteiger charge is 2.20. The summed E-state index contributed by atoms with van der Waals surface area (Å²) in [7, 11) is 0. The van der Waals surface area contributed by atoms with Gasteiger partial charge in [0.25, 0.3) is 0 Å². The number of oxazole rings is 1. The zero-order chi connectivity index (χ0) is 34.4.